The molecule has 0 spiro atoms. The Balaban J connectivity index is 0.000000304. The molecule has 0 aromatic heterocycles. The van der Waals surface area contributed by atoms with Crippen molar-refractivity contribution in [3.63, 3.8) is 0 Å². The summed E-state index contributed by atoms with van der Waals surface area (Å²) in [6.07, 6.45) is -0.818. The summed E-state index contributed by atoms with van der Waals surface area (Å²) in [5.74, 6) is 0. The Morgan fingerprint density at radius 2 is 2.06 bits per heavy atom. The highest BCUT2D eigenvalue weighted by Gasteiger charge is 1.98. The van der Waals surface area contributed by atoms with Crippen LogP contribution in [-0.2, 0) is 4.84 Å². The summed E-state index contributed by atoms with van der Waals surface area (Å²) in [7, 11) is 0. The second kappa shape index (κ2) is 9.67. The van der Waals surface area contributed by atoms with Gasteiger partial charge >= 0.3 is 0 Å². The molecule has 7 nitrogen and oxygen atoms in total. The summed E-state index contributed by atoms with van der Waals surface area (Å²) < 4.78 is 0. The first-order valence-electron chi connectivity index (χ1n) is 4.94. The zero-order valence-electron chi connectivity index (χ0n) is 9.44. The molecule has 0 aliphatic rings. The Bertz CT molecular complexity index is 305. The number of hydrogen-bond acceptors (Lipinski definition) is 6. The largest absolute Gasteiger partial charge is 0.395 e. The van der Waals surface area contributed by atoms with E-state index in [0.29, 0.717) is 6.54 Å². The summed E-state index contributed by atoms with van der Waals surface area (Å²) >= 11 is 0. The molecule has 7 heteroatoms. The molecule has 0 fully saturated rings. The summed E-state index contributed by atoms with van der Waals surface area (Å²) in [6.45, 7) is 1.82. The summed E-state index contributed by atoms with van der Waals surface area (Å²) in [5.41, 5.74) is 2.47. The van der Waals surface area contributed by atoms with Crippen molar-refractivity contribution in [2.75, 3.05) is 13.2 Å². The lowest BCUT2D eigenvalue weighted by molar-refractivity contribution is -0.384. The minimum Gasteiger partial charge on any atom is -0.395 e. The second-order valence-electron chi connectivity index (χ2n) is 2.93. The Kier molecular flexibility index (Phi) is 8.79. The van der Waals surface area contributed by atoms with Gasteiger partial charge in [-0.15, -0.1) is 0 Å². The van der Waals surface area contributed by atoms with Crippen LogP contribution >= 0.6 is 0 Å². The van der Waals surface area contributed by atoms with Gasteiger partial charge in [-0.1, -0.05) is 18.2 Å². The van der Waals surface area contributed by atoms with Gasteiger partial charge in [-0.25, -0.2) is 0 Å². The first-order chi connectivity index (χ1) is 8.07. The number of rotatable bonds is 5. The number of nitrogens with zero attached hydrogens (tertiary/aromatic N) is 1. The normalized spacial score (nSPS) is 11.2. The maximum atomic E-state index is 10.0. The lowest BCUT2D eigenvalue weighted by Gasteiger charge is -2.04. The zero-order valence-corrected chi connectivity index (χ0v) is 9.44. The molecule has 3 N–H and O–H groups in total. The van der Waals surface area contributed by atoms with Crippen LogP contribution in [0.4, 0.5) is 5.69 Å². The summed E-state index contributed by atoms with van der Waals surface area (Å²) in [4.78, 5) is 14.0. The third-order valence-electron chi connectivity index (χ3n) is 1.43. The molecule has 0 amide bonds. The molecular weight excluding hydrogens is 228 g/mol. The third kappa shape index (κ3) is 9.39. The van der Waals surface area contributed by atoms with Crippen molar-refractivity contribution in [3.05, 3.63) is 40.4 Å². The van der Waals surface area contributed by atoms with Crippen LogP contribution in [0.25, 0.3) is 0 Å². The number of aliphatic hydroxyl groups excluding tert-OH is 2. The number of nitrogens with one attached hydrogen (secondary N) is 1. The van der Waals surface area contributed by atoms with Crippen LogP contribution in [0.3, 0.4) is 0 Å². The number of nitro groups is 1. The number of nitro benzene ring substituents is 1. The van der Waals surface area contributed by atoms with Crippen LogP contribution < -0.4 is 5.48 Å². The maximum absolute atomic E-state index is 10.0. The molecule has 96 valence electrons. The van der Waals surface area contributed by atoms with Crippen LogP contribution in [0.2, 0.25) is 0 Å². The van der Waals surface area contributed by atoms with Crippen molar-refractivity contribution >= 4 is 5.69 Å². The smallest absolute Gasteiger partial charge is 0.269 e. The van der Waals surface area contributed by atoms with Crippen LogP contribution in [0.1, 0.15) is 6.92 Å². The van der Waals surface area contributed by atoms with Crippen molar-refractivity contribution in [2.45, 2.75) is 13.2 Å². The maximum Gasteiger partial charge on any atom is 0.269 e. The van der Waals surface area contributed by atoms with Crippen LogP contribution in [0.5, 0.6) is 0 Å². The van der Waals surface area contributed by atoms with Crippen molar-refractivity contribution < 1.29 is 20.0 Å². The Hall–Kier alpha value is -1.54. The molecule has 0 bridgehead atoms. The fourth-order valence-electron chi connectivity index (χ4n) is 0.775. The first-order valence-corrected chi connectivity index (χ1v) is 4.94. The van der Waals surface area contributed by atoms with Crippen LogP contribution in [0, 0.1) is 10.1 Å². The van der Waals surface area contributed by atoms with Gasteiger partial charge in [0.1, 0.15) is 0 Å². The van der Waals surface area contributed by atoms with E-state index < -0.39 is 11.2 Å². The van der Waals surface area contributed by atoms with Gasteiger partial charge in [-0.3, -0.25) is 15.0 Å². The number of hydroxylamine groups is 1. The van der Waals surface area contributed by atoms with Gasteiger partial charge in [0.25, 0.3) is 5.69 Å². The molecule has 0 saturated carbocycles. The highest BCUT2D eigenvalue weighted by molar-refractivity contribution is 5.27. The van der Waals surface area contributed by atoms with E-state index in [9.17, 15) is 10.1 Å². The number of hydrogen-bond donors (Lipinski definition) is 3. The average molecular weight is 244 g/mol. The summed E-state index contributed by atoms with van der Waals surface area (Å²) in [6, 6.07) is 7.93. The molecule has 0 heterocycles. The lowest BCUT2D eigenvalue weighted by Crippen LogP contribution is -2.23. The van der Waals surface area contributed by atoms with Crippen LogP contribution in [-0.4, -0.2) is 34.6 Å². The van der Waals surface area contributed by atoms with Gasteiger partial charge in [0.05, 0.1) is 11.5 Å². The van der Waals surface area contributed by atoms with E-state index in [2.05, 4.69) is 10.3 Å². The van der Waals surface area contributed by atoms with Gasteiger partial charge in [-0.05, 0) is 6.92 Å². The van der Waals surface area contributed by atoms with Gasteiger partial charge < -0.3 is 10.2 Å². The lowest BCUT2D eigenvalue weighted by atomic mass is 10.3. The molecule has 0 saturated heterocycles. The monoisotopic (exact) mass is 244 g/mol. The van der Waals surface area contributed by atoms with E-state index in [1.54, 1.807) is 18.2 Å². The predicted molar refractivity (Wildman–Crippen MR) is 61.0 cm³/mol. The molecule has 1 rings (SSSR count). The highest BCUT2D eigenvalue weighted by atomic mass is 16.7. The molecule has 0 radical (unpaired) electrons. The first kappa shape index (κ1) is 15.5. The van der Waals surface area contributed by atoms with E-state index in [1.807, 2.05) is 0 Å². The predicted octanol–water partition coefficient (Wildman–Crippen LogP) is 0.433. The minimum atomic E-state index is -0.818. The van der Waals surface area contributed by atoms with E-state index in [-0.39, 0.29) is 12.3 Å². The molecule has 1 aromatic rings. The van der Waals surface area contributed by atoms with Crippen molar-refractivity contribution in [1.82, 2.24) is 5.48 Å². The number of non-ortho nitro benzene ring substituents is 1. The average Bonchev–Trinajstić information content (AvgIpc) is 2.31. The molecule has 0 aliphatic heterocycles. The highest BCUT2D eigenvalue weighted by Crippen LogP contribution is 2.06. The molecule has 0 aliphatic carbocycles. The quantitative estimate of drug-likeness (QED) is 0.300. The van der Waals surface area contributed by atoms with E-state index in [0.717, 1.165) is 0 Å². The molecule has 1 atom stereocenters. The Labute approximate surface area is 98.8 Å². The SMILES string of the molecule is CC(O)ONCCO.O=[N+]([O-])c1ccccc1. The number of benzene rings is 1. The van der Waals surface area contributed by atoms with Crippen molar-refractivity contribution in [1.29, 1.82) is 0 Å². The van der Waals surface area contributed by atoms with Crippen LogP contribution in [0.15, 0.2) is 30.3 Å². The second-order valence-corrected chi connectivity index (χ2v) is 2.93. The standard InChI is InChI=1S/C6H5NO2.C4H11NO3/c8-7(9)6-4-2-1-3-5-6;1-4(7)8-5-2-3-6/h1-5H;4-7H,2-3H2,1H3. The van der Waals surface area contributed by atoms with Gasteiger partial charge in [-0.2, -0.15) is 5.48 Å². The topological polar surface area (TPSA) is 105 Å². The number of para-hydroxylation sites is 1. The molecular formula is C10H16N2O5. The van der Waals surface area contributed by atoms with E-state index >= 15 is 0 Å². The fraction of sp³-hybridized carbons (Fsp3) is 0.400. The molecule has 1 aromatic carbocycles. The number of aliphatic hydroxyl groups is 2. The van der Waals surface area contributed by atoms with Crippen molar-refractivity contribution in [3.8, 4) is 0 Å². The third-order valence-corrected chi connectivity index (χ3v) is 1.43. The van der Waals surface area contributed by atoms with Gasteiger partial charge in [0.15, 0.2) is 6.29 Å². The Morgan fingerprint density at radius 3 is 2.41 bits per heavy atom. The van der Waals surface area contributed by atoms with E-state index in [1.165, 1.54) is 19.1 Å². The molecule has 1 unspecified atom stereocenters. The summed E-state index contributed by atoms with van der Waals surface area (Å²) in [5, 5.41) is 26.6. The van der Waals surface area contributed by atoms with E-state index in [4.69, 9.17) is 10.2 Å². The van der Waals surface area contributed by atoms with Gasteiger partial charge in [0.2, 0.25) is 0 Å². The molecule has 17 heavy (non-hydrogen) atoms. The minimum absolute atomic E-state index is 0.00667. The van der Waals surface area contributed by atoms with Gasteiger partial charge in [0, 0.05) is 18.7 Å². The Morgan fingerprint density at radius 1 is 1.47 bits per heavy atom. The fourth-order valence-corrected chi connectivity index (χ4v) is 0.775. The van der Waals surface area contributed by atoms with Crippen molar-refractivity contribution in [2.24, 2.45) is 0 Å². The zero-order chi connectivity index (χ0) is 13.1.